The van der Waals surface area contributed by atoms with Gasteiger partial charge in [0.05, 0.1) is 5.69 Å². The van der Waals surface area contributed by atoms with E-state index in [-0.39, 0.29) is 35.1 Å². The van der Waals surface area contributed by atoms with Crippen LogP contribution in [0.1, 0.15) is 70.9 Å². The third-order valence-corrected chi connectivity index (χ3v) is 5.15. The van der Waals surface area contributed by atoms with Crippen LogP contribution in [0.15, 0.2) is 23.0 Å². The maximum atomic E-state index is 13.8. The monoisotopic (exact) mass is 405 g/mol. The number of hydrogen-bond acceptors (Lipinski definition) is 5. The number of aromatic hydroxyl groups is 1. The molecule has 2 heterocycles. The number of aromatic nitrogens is 1. The van der Waals surface area contributed by atoms with Gasteiger partial charge in [0, 0.05) is 37.2 Å². The number of hydrogen-bond donors (Lipinski definition) is 3. The molecule has 154 valence electrons. The van der Waals surface area contributed by atoms with E-state index in [9.17, 15) is 28.3 Å². The summed E-state index contributed by atoms with van der Waals surface area (Å²) in [6.45, 7) is 2.78. The Bertz CT molecular complexity index is 1060. The lowest BCUT2D eigenvalue weighted by molar-refractivity contribution is 0.0942. The summed E-state index contributed by atoms with van der Waals surface area (Å²) in [6, 6.07) is 1.97. The molecule has 1 aromatic carbocycles. The van der Waals surface area contributed by atoms with Crippen LogP contribution in [0.5, 0.6) is 5.75 Å². The minimum atomic E-state index is -1.01. The summed E-state index contributed by atoms with van der Waals surface area (Å²) in [5.74, 6) is -3.79. The summed E-state index contributed by atoms with van der Waals surface area (Å²) >= 11 is 0. The minimum Gasteiger partial charge on any atom is -0.503 e. The van der Waals surface area contributed by atoms with E-state index in [0.717, 1.165) is 6.07 Å². The van der Waals surface area contributed by atoms with Gasteiger partial charge in [0.1, 0.15) is 22.9 Å². The first-order valence-corrected chi connectivity index (χ1v) is 9.17. The molecule has 0 aliphatic carbocycles. The van der Waals surface area contributed by atoms with Gasteiger partial charge in [-0.1, -0.05) is 13.0 Å². The molecule has 0 spiro atoms. The van der Waals surface area contributed by atoms with Crippen molar-refractivity contribution in [3.8, 4) is 5.75 Å². The van der Waals surface area contributed by atoms with Gasteiger partial charge in [-0.3, -0.25) is 14.4 Å². The quantitative estimate of drug-likeness (QED) is 0.661. The largest absolute Gasteiger partial charge is 0.503 e. The van der Waals surface area contributed by atoms with Crippen molar-refractivity contribution in [1.29, 1.82) is 0 Å². The molecule has 29 heavy (non-hydrogen) atoms. The number of ketones is 1. The molecular weight excluding hydrogens is 384 g/mol. The van der Waals surface area contributed by atoms with Crippen LogP contribution in [0.2, 0.25) is 0 Å². The van der Waals surface area contributed by atoms with E-state index in [1.807, 2.05) is 6.92 Å². The van der Waals surface area contributed by atoms with Crippen molar-refractivity contribution in [3.63, 3.8) is 0 Å². The zero-order chi connectivity index (χ0) is 21.5. The van der Waals surface area contributed by atoms with Crippen LogP contribution in [0.3, 0.4) is 0 Å². The molecule has 0 fully saturated rings. The topological polar surface area (TPSA) is 114 Å². The molecule has 1 aromatic heterocycles. The molecule has 1 aliphatic heterocycles. The van der Waals surface area contributed by atoms with E-state index in [2.05, 4.69) is 5.32 Å². The predicted molar refractivity (Wildman–Crippen MR) is 101 cm³/mol. The average molecular weight is 405 g/mol. The van der Waals surface area contributed by atoms with Gasteiger partial charge < -0.3 is 20.7 Å². The van der Waals surface area contributed by atoms with Crippen molar-refractivity contribution in [2.45, 2.75) is 45.3 Å². The molecule has 1 aliphatic rings. The normalized spacial score (nSPS) is 17.8. The lowest BCUT2D eigenvalue weighted by atomic mass is 10.0. The second kappa shape index (κ2) is 7.75. The summed E-state index contributed by atoms with van der Waals surface area (Å²) in [4.78, 5) is 37.6. The Hall–Kier alpha value is -3.07. The number of carbonyl (C=O) groups is 2. The smallest absolute Gasteiger partial charge is 0.257 e. The van der Waals surface area contributed by atoms with Crippen LogP contribution in [0, 0.1) is 11.6 Å². The molecule has 0 radical (unpaired) electrons. The lowest BCUT2D eigenvalue weighted by Gasteiger charge is -2.20. The van der Waals surface area contributed by atoms with Crippen molar-refractivity contribution >= 4 is 11.7 Å². The fourth-order valence-corrected chi connectivity index (χ4v) is 3.78. The molecule has 7 nitrogen and oxygen atoms in total. The number of benzene rings is 1. The molecule has 2 aromatic rings. The molecule has 0 bridgehead atoms. The van der Waals surface area contributed by atoms with Gasteiger partial charge in [-0.05, 0) is 18.9 Å². The maximum Gasteiger partial charge on any atom is 0.257 e. The number of amides is 1. The summed E-state index contributed by atoms with van der Waals surface area (Å²) < 4.78 is 28.3. The van der Waals surface area contributed by atoms with E-state index in [1.54, 1.807) is 0 Å². The highest BCUT2D eigenvalue weighted by Gasteiger charge is 2.37. The Balaban J connectivity index is 2.06. The predicted octanol–water partition coefficient (Wildman–Crippen LogP) is 2.32. The van der Waals surface area contributed by atoms with E-state index >= 15 is 0 Å². The molecule has 4 N–H and O–H groups in total. The van der Waals surface area contributed by atoms with Crippen LogP contribution in [-0.4, -0.2) is 21.4 Å². The summed E-state index contributed by atoms with van der Waals surface area (Å²) in [7, 11) is 0. The highest BCUT2D eigenvalue weighted by Crippen LogP contribution is 2.39. The van der Waals surface area contributed by atoms with Gasteiger partial charge in [0.15, 0.2) is 11.5 Å². The number of nitrogens with zero attached hydrogens (tertiary/aromatic N) is 1. The Morgan fingerprint density at radius 1 is 1.34 bits per heavy atom. The highest BCUT2D eigenvalue weighted by molar-refractivity contribution is 6.00. The molecular formula is C20H21F2N3O4. The summed E-state index contributed by atoms with van der Waals surface area (Å²) in [6.07, 6.45) is 0.970. The Morgan fingerprint density at radius 2 is 2.03 bits per heavy atom. The van der Waals surface area contributed by atoms with Crippen molar-refractivity contribution in [1.82, 2.24) is 9.88 Å². The van der Waals surface area contributed by atoms with E-state index < -0.39 is 40.5 Å². The van der Waals surface area contributed by atoms with Crippen LogP contribution in [-0.2, 0) is 6.54 Å². The van der Waals surface area contributed by atoms with Crippen LogP contribution < -0.4 is 16.5 Å². The number of rotatable bonds is 5. The van der Waals surface area contributed by atoms with Gasteiger partial charge in [0.2, 0.25) is 5.43 Å². The van der Waals surface area contributed by atoms with Crippen LogP contribution in [0.4, 0.5) is 8.78 Å². The maximum absolute atomic E-state index is 13.8. The average Bonchev–Trinajstić information content (AvgIpc) is 2.97. The zero-order valence-corrected chi connectivity index (χ0v) is 16.0. The minimum absolute atomic E-state index is 0.0248. The van der Waals surface area contributed by atoms with Crippen molar-refractivity contribution in [2.75, 3.05) is 0 Å². The van der Waals surface area contributed by atoms with Gasteiger partial charge in [0.25, 0.3) is 5.91 Å². The standard InChI is InChI=1S/C20H21F2N3O4/c1-3-12-7-14(23)17-15(18(27)19(28)16(9(2)26)25(12)17)20(29)24-8-10-4-5-11(21)6-13(10)22/h4-6,12,14,28H,3,7-8,23H2,1-2H3,(H,24,29). The third-order valence-electron chi connectivity index (χ3n) is 5.15. The zero-order valence-electron chi connectivity index (χ0n) is 16.0. The van der Waals surface area contributed by atoms with Crippen molar-refractivity contribution in [3.05, 3.63) is 62.6 Å². The fraction of sp³-hybridized carbons (Fsp3) is 0.350. The second-order valence-electron chi connectivity index (χ2n) is 7.04. The Kier molecular flexibility index (Phi) is 5.52. The molecule has 2 unspecified atom stereocenters. The number of fused-ring (bicyclic) bond motifs is 1. The van der Waals surface area contributed by atoms with Gasteiger partial charge in [-0.25, -0.2) is 8.78 Å². The number of nitrogens with two attached hydrogens (primary N) is 1. The first-order valence-electron chi connectivity index (χ1n) is 9.17. The molecule has 9 heteroatoms. The Morgan fingerprint density at radius 3 is 2.62 bits per heavy atom. The second-order valence-corrected chi connectivity index (χ2v) is 7.04. The third kappa shape index (κ3) is 3.53. The summed E-state index contributed by atoms with van der Waals surface area (Å²) in [5, 5.41) is 12.8. The van der Waals surface area contributed by atoms with Crippen LogP contribution in [0.25, 0.3) is 0 Å². The summed E-state index contributed by atoms with van der Waals surface area (Å²) in [5.41, 5.74) is 4.79. The van der Waals surface area contributed by atoms with E-state index in [1.165, 1.54) is 17.6 Å². The SMILES string of the molecule is CCC1CC(N)c2c(C(=O)NCc3ccc(F)cc3F)c(=O)c(O)c(C(C)=O)n21. The number of halogens is 2. The van der Waals surface area contributed by atoms with Crippen LogP contribution >= 0.6 is 0 Å². The number of pyridine rings is 1. The Labute approximate surface area is 165 Å². The van der Waals surface area contributed by atoms with Gasteiger partial charge in [-0.2, -0.15) is 0 Å². The number of carbonyl (C=O) groups excluding carboxylic acids is 2. The highest BCUT2D eigenvalue weighted by atomic mass is 19.1. The molecule has 3 rings (SSSR count). The molecule has 1 amide bonds. The molecule has 0 saturated heterocycles. The van der Waals surface area contributed by atoms with E-state index in [4.69, 9.17) is 5.73 Å². The molecule has 0 saturated carbocycles. The first-order chi connectivity index (χ1) is 13.7. The van der Waals surface area contributed by atoms with Crippen molar-refractivity contribution < 1.29 is 23.5 Å². The van der Waals surface area contributed by atoms with Gasteiger partial charge >= 0.3 is 0 Å². The fourth-order valence-electron chi connectivity index (χ4n) is 3.78. The number of Topliss-reactive ketones (excluding diaryl/α,β-unsaturated/α-hetero) is 1. The van der Waals surface area contributed by atoms with E-state index in [0.29, 0.717) is 18.9 Å². The van der Waals surface area contributed by atoms with Gasteiger partial charge in [-0.15, -0.1) is 0 Å². The number of nitrogens with one attached hydrogen (secondary N) is 1. The first kappa shape index (κ1) is 20.7. The molecule has 2 atom stereocenters. The van der Waals surface area contributed by atoms with Crippen molar-refractivity contribution in [2.24, 2.45) is 5.73 Å². The lowest BCUT2D eigenvalue weighted by Crippen LogP contribution is -2.34.